The number of H-pyrrole nitrogens is 1. The van der Waals surface area contributed by atoms with Gasteiger partial charge in [0.15, 0.2) is 0 Å². The van der Waals surface area contributed by atoms with Crippen LogP contribution in [0.3, 0.4) is 0 Å². The Kier molecular flexibility index (Phi) is 3.72. The first kappa shape index (κ1) is 16.3. The maximum Gasteiger partial charge on any atom is 0.137 e. The highest BCUT2D eigenvalue weighted by atomic mass is 19.1. The van der Waals surface area contributed by atoms with Crippen LogP contribution in [0.4, 0.5) is 8.78 Å². The van der Waals surface area contributed by atoms with Gasteiger partial charge >= 0.3 is 0 Å². The van der Waals surface area contributed by atoms with Crippen LogP contribution in [0.25, 0.3) is 39.4 Å². The smallest absolute Gasteiger partial charge is 0.137 e. The fourth-order valence-electron chi connectivity index (χ4n) is 3.27. The lowest BCUT2D eigenvalue weighted by Crippen LogP contribution is -1.94. The van der Waals surface area contributed by atoms with Gasteiger partial charge in [0.05, 0.1) is 23.1 Å². The molecule has 28 heavy (non-hydrogen) atoms. The van der Waals surface area contributed by atoms with Gasteiger partial charge < -0.3 is 0 Å². The van der Waals surface area contributed by atoms with Crippen molar-refractivity contribution in [2.24, 2.45) is 0 Å². The monoisotopic (exact) mass is 373 g/mol. The average molecular weight is 373 g/mol. The number of nitrogens with zero attached hydrogens (tertiary/aromatic N) is 4. The number of hydrogen-bond acceptors (Lipinski definition) is 3. The van der Waals surface area contributed by atoms with E-state index in [2.05, 4.69) is 20.2 Å². The number of imidazole rings is 1. The van der Waals surface area contributed by atoms with Gasteiger partial charge in [-0.1, -0.05) is 12.1 Å². The number of benzene rings is 1. The molecule has 0 aliphatic rings. The van der Waals surface area contributed by atoms with E-state index in [0.717, 1.165) is 22.6 Å². The number of nitrogens with one attached hydrogen (secondary N) is 1. The van der Waals surface area contributed by atoms with Crippen molar-refractivity contribution in [1.29, 1.82) is 0 Å². The number of fused-ring (bicyclic) bond motifs is 1. The molecule has 0 radical (unpaired) electrons. The third-order valence-corrected chi connectivity index (χ3v) is 4.58. The van der Waals surface area contributed by atoms with E-state index in [4.69, 9.17) is 0 Å². The van der Waals surface area contributed by atoms with Gasteiger partial charge in [0.2, 0.25) is 0 Å². The lowest BCUT2D eigenvalue weighted by molar-refractivity contribution is 0.588. The molecule has 1 aromatic carbocycles. The first-order valence-electron chi connectivity index (χ1n) is 8.59. The average Bonchev–Trinajstić information content (AvgIpc) is 3.35. The molecule has 5 rings (SSSR count). The molecule has 0 spiro atoms. The Morgan fingerprint density at radius 3 is 2.54 bits per heavy atom. The van der Waals surface area contributed by atoms with Crippen LogP contribution < -0.4 is 0 Å². The molecule has 5 aromatic rings. The summed E-state index contributed by atoms with van der Waals surface area (Å²) in [6.45, 7) is 0. The van der Waals surface area contributed by atoms with Crippen molar-refractivity contribution in [3.63, 3.8) is 0 Å². The van der Waals surface area contributed by atoms with Crippen LogP contribution in [-0.2, 0) is 0 Å². The molecule has 0 bridgehead atoms. The molecular formula is C21H13F2N5. The number of aromatic nitrogens is 5. The summed E-state index contributed by atoms with van der Waals surface area (Å²) in [6.07, 6.45) is 6.95. The van der Waals surface area contributed by atoms with E-state index in [1.807, 2.05) is 40.9 Å². The maximum absolute atomic E-state index is 14.3. The minimum absolute atomic E-state index is 0.158. The van der Waals surface area contributed by atoms with Gasteiger partial charge in [0.25, 0.3) is 0 Å². The normalized spacial score (nSPS) is 11.2. The van der Waals surface area contributed by atoms with Crippen molar-refractivity contribution in [3.8, 4) is 33.8 Å². The Bertz CT molecular complexity index is 1270. The SMILES string of the molecule is Fc1cccc(F)c1-c1n[nH]cc1-c1ccc2ncc(-c3ccccn3)n2c1. The third kappa shape index (κ3) is 2.56. The Morgan fingerprint density at radius 2 is 1.75 bits per heavy atom. The van der Waals surface area contributed by atoms with E-state index >= 15 is 0 Å². The van der Waals surface area contributed by atoms with Crippen LogP contribution in [-0.4, -0.2) is 24.6 Å². The second-order valence-electron chi connectivity index (χ2n) is 6.25. The van der Waals surface area contributed by atoms with Crippen LogP contribution in [0.1, 0.15) is 0 Å². The van der Waals surface area contributed by atoms with Gasteiger partial charge in [-0.05, 0) is 36.4 Å². The number of rotatable bonds is 3. The molecule has 0 saturated carbocycles. The molecule has 4 aromatic heterocycles. The zero-order valence-electron chi connectivity index (χ0n) is 14.5. The van der Waals surface area contributed by atoms with Gasteiger partial charge in [0, 0.05) is 29.7 Å². The molecule has 0 aliphatic carbocycles. The quantitative estimate of drug-likeness (QED) is 0.497. The molecule has 0 saturated heterocycles. The number of hydrogen-bond donors (Lipinski definition) is 1. The standard InChI is InChI=1S/C21H13F2N5/c22-15-4-3-5-16(23)20(15)21-14(10-26-27-21)13-7-8-19-25-11-18(28(19)12-13)17-6-1-2-9-24-17/h1-12H,(H,26,27). The van der Waals surface area contributed by atoms with Crippen molar-refractivity contribution < 1.29 is 8.78 Å². The van der Waals surface area contributed by atoms with E-state index in [1.165, 1.54) is 18.2 Å². The molecule has 0 amide bonds. The fourth-order valence-corrected chi connectivity index (χ4v) is 3.27. The van der Waals surface area contributed by atoms with Crippen LogP contribution in [0.5, 0.6) is 0 Å². The molecule has 0 atom stereocenters. The summed E-state index contributed by atoms with van der Waals surface area (Å²) in [4.78, 5) is 8.78. The highest BCUT2D eigenvalue weighted by Crippen LogP contribution is 2.34. The minimum Gasteiger partial charge on any atom is -0.298 e. The highest BCUT2D eigenvalue weighted by Gasteiger charge is 2.19. The largest absolute Gasteiger partial charge is 0.298 e. The summed E-state index contributed by atoms with van der Waals surface area (Å²) < 4.78 is 30.5. The second-order valence-corrected chi connectivity index (χ2v) is 6.25. The zero-order valence-corrected chi connectivity index (χ0v) is 14.5. The Morgan fingerprint density at radius 1 is 0.893 bits per heavy atom. The number of halogens is 2. The first-order valence-corrected chi connectivity index (χ1v) is 8.59. The van der Waals surface area contributed by atoms with Crippen molar-refractivity contribution >= 4 is 5.65 Å². The van der Waals surface area contributed by atoms with E-state index < -0.39 is 11.6 Å². The molecule has 4 heterocycles. The number of pyridine rings is 2. The predicted molar refractivity (Wildman–Crippen MR) is 101 cm³/mol. The van der Waals surface area contributed by atoms with Crippen molar-refractivity contribution in [2.75, 3.05) is 0 Å². The van der Waals surface area contributed by atoms with Gasteiger partial charge in [-0.3, -0.25) is 14.5 Å². The molecule has 0 aliphatic heterocycles. The van der Waals surface area contributed by atoms with Crippen molar-refractivity contribution in [1.82, 2.24) is 24.6 Å². The van der Waals surface area contributed by atoms with Gasteiger partial charge in [0.1, 0.15) is 23.0 Å². The van der Waals surface area contributed by atoms with Gasteiger partial charge in [-0.2, -0.15) is 5.10 Å². The Labute approximate surface area is 158 Å². The van der Waals surface area contributed by atoms with Crippen LogP contribution in [0.2, 0.25) is 0 Å². The second kappa shape index (κ2) is 6.38. The summed E-state index contributed by atoms with van der Waals surface area (Å²) in [6, 6.07) is 13.1. The molecule has 0 fully saturated rings. The summed E-state index contributed by atoms with van der Waals surface area (Å²) >= 11 is 0. The first-order chi connectivity index (χ1) is 13.7. The van der Waals surface area contributed by atoms with Gasteiger partial charge in [-0.25, -0.2) is 13.8 Å². The van der Waals surface area contributed by atoms with Crippen molar-refractivity contribution in [3.05, 3.63) is 85.0 Å². The Hall–Kier alpha value is -3.87. The maximum atomic E-state index is 14.3. The zero-order chi connectivity index (χ0) is 19.1. The summed E-state index contributed by atoms with van der Waals surface area (Å²) in [5.74, 6) is -1.32. The van der Waals surface area contributed by atoms with E-state index in [9.17, 15) is 8.78 Å². The van der Waals surface area contributed by atoms with Gasteiger partial charge in [-0.15, -0.1) is 0 Å². The minimum atomic E-state index is -0.661. The molecule has 1 N–H and O–H groups in total. The summed E-state index contributed by atoms with van der Waals surface area (Å²) in [5, 5.41) is 6.81. The van der Waals surface area contributed by atoms with E-state index in [-0.39, 0.29) is 11.3 Å². The molecule has 0 unspecified atom stereocenters. The predicted octanol–water partition coefficient (Wildman–Crippen LogP) is 4.73. The van der Waals surface area contributed by atoms with Crippen LogP contribution in [0, 0.1) is 11.6 Å². The lowest BCUT2D eigenvalue weighted by atomic mass is 10.0. The molecule has 7 heteroatoms. The lowest BCUT2D eigenvalue weighted by Gasteiger charge is -2.07. The van der Waals surface area contributed by atoms with E-state index in [0.29, 0.717) is 5.56 Å². The number of aromatic amines is 1. The van der Waals surface area contributed by atoms with Crippen LogP contribution in [0.15, 0.2) is 73.3 Å². The summed E-state index contributed by atoms with van der Waals surface area (Å²) in [7, 11) is 0. The highest BCUT2D eigenvalue weighted by molar-refractivity contribution is 5.81. The van der Waals surface area contributed by atoms with E-state index in [1.54, 1.807) is 18.6 Å². The molecule has 5 nitrogen and oxygen atoms in total. The summed E-state index contributed by atoms with van der Waals surface area (Å²) in [5.41, 5.74) is 3.73. The molecular weight excluding hydrogens is 360 g/mol. The third-order valence-electron chi connectivity index (χ3n) is 4.58. The topological polar surface area (TPSA) is 58.9 Å². The van der Waals surface area contributed by atoms with Crippen LogP contribution >= 0.6 is 0 Å². The Balaban J connectivity index is 1.69. The fraction of sp³-hybridized carbons (Fsp3) is 0. The van der Waals surface area contributed by atoms with Crippen molar-refractivity contribution in [2.45, 2.75) is 0 Å². The molecule has 136 valence electrons.